The van der Waals surface area contributed by atoms with Gasteiger partial charge in [-0.3, -0.25) is 4.79 Å². The van der Waals surface area contributed by atoms with Crippen LogP contribution in [0.4, 0.5) is 11.6 Å². The van der Waals surface area contributed by atoms with Gasteiger partial charge >= 0.3 is 0 Å². The van der Waals surface area contributed by atoms with Crippen molar-refractivity contribution in [2.45, 2.75) is 12.8 Å². The second-order valence-corrected chi connectivity index (χ2v) is 6.37. The minimum absolute atomic E-state index is 0.0199. The number of hydrogen-bond acceptors (Lipinski definition) is 6. The summed E-state index contributed by atoms with van der Waals surface area (Å²) in [6.45, 7) is 1.38. The molecule has 0 atom stereocenters. The summed E-state index contributed by atoms with van der Waals surface area (Å²) < 4.78 is 5.32. The first-order valence-corrected chi connectivity index (χ1v) is 8.78. The van der Waals surface area contributed by atoms with Crippen LogP contribution in [0.15, 0.2) is 42.5 Å². The Balaban J connectivity index is 1.48. The zero-order chi connectivity index (χ0) is 18.6. The lowest BCUT2D eigenvalue weighted by atomic mass is 10.0. The number of nitrogens with zero attached hydrogens (tertiary/aromatic N) is 4. The molecule has 4 rings (SSSR count). The summed E-state index contributed by atoms with van der Waals surface area (Å²) >= 11 is 0. The van der Waals surface area contributed by atoms with Gasteiger partial charge in [0.1, 0.15) is 5.75 Å². The van der Waals surface area contributed by atoms with E-state index in [1.807, 2.05) is 29.2 Å². The van der Waals surface area contributed by atoms with E-state index in [1.165, 1.54) is 11.1 Å². The average Bonchev–Trinajstić information content (AvgIpc) is 3.12. The minimum Gasteiger partial charge on any atom is -0.497 e. The molecular formula is C19H20N6O2. The highest BCUT2D eigenvalue weighted by atomic mass is 16.5. The van der Waals surface area contributed by atoms with Crippen molar-refractivity contribution in [2.75, 3.05) is 25.5 Å². The smallest absolute Gasteiger partial charge is 0.267 e. The fourth-order valence-corrected chi connectivity index (χ4v) is 3.29. The number of methoxy groups -OCH3 is 1. The fraction of sp³-hybridized carbons (Fsp3) is 0.263. The molecular weight excluding hydrogens is 344 g/mol. The van der Waals surface area contributed by atoms with Crippen LogP contribution in [0, 0.1) is 0 Å². The van der Waals surface area contributed by atoms with Gasteiger partial charge in [-0.2, -0.15) is 5.21 Å². The second kappa shape index (κ2) is 7.45. The van der Waals surface area contributed by atoms with Gasteiger partial charge in [-0.15, -0.1) is 5.10 Å². The first-order valence-electron chi connectivity index (χ1n) is 8.78. The molecule has 2 aromatic carbocycles. The molecule has 138 valence electrons. The van der Waals surface area contributed by atoms with Crippen molar-refractivity contribution in [1.29, 1.82) is 0 Å². The van der Waals surface area contributed by atoms with Crippen LogP contribution in [-0.4, -0.2) is 51.6 Å². The topological polar surface area (TPSA) is 96.0 Å². The van der Waals surface area contributed by atoms with Gasteiger partial charge in [-0.1, -0.05) is 17.2 Å². The van der Waals surface area contributed by atoms with Gasteiger partial charge in [0.15, 0.2) is 0 Å². The van der Waals surface area contributed by atoms with E-state index in [1.54, 1.807) is 13.2 Å². The van der Waals surface area contributed by atoms with Crippen LogP contribution < -0.4 is 10.1 Å². The molecule has 0 saturated carbocycles. The maximum absolute atomic E-state index is 13.0. The number of aromatic amines is 1. The Morgan fingerprint density at radius 2 is 2.00 bits per heavy atom. The number of amides is 1. The lowest BCUT2D eigenvalue weighted by Crippen LogP contribution is -2.33. The lowest BCUT2D eigenvalue weighted by Gasteiger charge is -2.20. The number of tetrazole rings is 1. The van der Waals surface area contributed by atoms with E-state index in [-0.39, 0.29) is 5.91 Å². The zero-order valence-corrected chi connectivity index (χ0v) is 15.0. The normalized spacial score (nSPS) is 13.6. The minimum atomic E-state index is 0.0199. The van der Waals surface area contributed by atoms with Crippen LogP contribution in [0.2, 0.25) is 0 Å². The predicted octanol–water partition coefficient (Wildman–Crippen LogP) is 2.19. The number of carbonyl (C=O) groups excluding carboxylic acids is 1. The van der Waals surface area contributed by atoms with Crippen molar-refractivity contribution in [1.82, 2.24) is 25.5 Å². The Bertz CT molecular complexity index is 941. The number of nitrogens with one attached hydrogen (secondary N) is 2. The summed E-state index contributed by atoms with van der Waals surface area (Å²) in [6.07, 6.45) is 1.66. The first-order chi connectivity index (χ1) is 13.2. The molecule has 1 aromatic heterocycles. The maximum atomic E-state index is 13.0. The van der Waals surface area contributed by atoms with Gasteiger partial charge in [0.05, 0.1) is 7.11 Å². The van der Waals surface area contributed by atoms with Crippen molar-refractivity contribution in [3.05, 3.63) is 59.2 Å². The molecule has 0 radical (unpaired) electrons. The summed E-state index contributed by atoms with van der Waals surface area (Å²) in [4.78, 5) is 14.9. The Hall–Kier alpha value is -3.42. The highest BCUT2D eigenvalue weighted by Crippen LogP contribution is 2.23. The Kier molecular flexibility index (Phi) is 4.69. The monoisotopic (exact) mass is 364 g/mol. The molecule has 1 aliphatic rings. The summed E-state index contributed by atoms with van der Waals surface area (Å²) in [7, 11) is 1.67. The molecule has 2 heterocycles. The largest absolute Gasteiger partial charge is 0.497 e. The molecule has 0 fully saturated rings. The van der Waals surface area contributed by atoms with E-state index in [0.717, 1.165) is 24.3 Å². The van der Waals surface area contributed by atoms with Crippen molar-refractivity contribution >= 4 is 17.5 Å². The van der Waals surface area contributed by atoms with E-state index in [9.17, 15) is 4.79 Å². The number of anilines is 2. The van der Waals surface area contributed by atoms with Gasteiger partial charge in [-0.25, -0.2) is 0 Å². The third kappa shape index (κ3) is 3.74. The molecule has 3 aromatic rings. The van der Waals surface area contributed by atoms with Crippen molar-refractivity contribution in [3.63, 3.8) is 0 Å². The molecule has 0 unspecified atom stereocenters. The fourth-order valence-electron chi connectivity index (χ4n) is 3.29. The van der Waals surface area contributed by atoms with Gasteiger partial charge < -0.3 is 15.0 Å². The van der Waals surface area contributed by atoms with E-state index >= 15 is 0 Å². The van der Waals surface area contributed by atoms with E-state index < -0.39 is 0 Å². The zero-order valence-electron chi connectivity index (χ0n) is 15.0. The number of fused-ring (bicyclic) bond motifs is 1. The highest BCUT2D eigenvalue weighted by molar-refractivity contribution is 5.95. The second-order valence-electron chi connectivity index (χ2n) is 6.37. The van der Waals surface area contributed by atoms with Crippen LogP contribution in [-0.2, 0) is 12.8 Å². The van der Waals surface area contributed by atoms with Crippen molar-refractivity contribution in [2.24, 2.45) is 0 Å². The van der Waals surface area contributed by atoms with Crippen molar-refractivity contribution < 1.29 is 9.53 Å². The number of hydrogen-bond donors (Lipinski definition) is 2. The van der Waals surface area contributed by atoms with Crippen LogP contribution in [0.5, 0.6) is 5.75 Å². The summed E-state index contributed by atoms with van der Waals surface area (Å²) in [6, 6.07) is 13.5. The maximum Gasteiger partial charge on any atom is 0.267 e. The van der Waals surface area contributed by atoms with Crippen LogP contribution >= 0.6 is 0 Å². The van der Waals surface area contributed by atoms with E-state index in [2.05, 4.69) is 38.1 Å². The standard InChI is InChI=1S/C19H20N6O2/c1-27-17-6-5-13-7-9-25(10-8-14(13)12-17)18(26)15-3-2-4-16(11-15)20-19-21-23-24-22-19/h2-6,11-12H,7-10H2,1H3,(H2,20,21,22,23,24). The molecule has 8 heteroatoms. The molecule has 8 nitrogen and oxygen atoms in total. The molecule has 0 bridgehead atoms. The molecule has 2 N–H and O–H groups in total. The Labute approximate surface area is 156 Å². The number of carbonyl (C=O) groups is 1. The molecule has 0 aliphatic carbocycles. The molecule has 0 spiro atoms. The number of benzene rings is 2. The van der Waals surface area contributed by atoms with Crippen LogP contribution in [0.3, 0.4) is 0 Å². The first kappa shape index (κ1) is 17.0. The number of H-pyrrole nitrogens is 1. The number of aromatic nitrogens is 4. The number of rotatable bonds is 4. The molecule has 1 aliphatic heterocycles. The van der Waals surface area contributed by atoms with E-state index in [0.29, 0.717) is 24.6 Å². The third-order valence-electron chi connectivity index (χ3n) is 4.71. The summed E-state index contributed by atoms with van der Waals surface area (Å²) in [5.74, 6) is 1.24. The Morgan fingerprint density at radius 1 is 1.15 bits per heavy atom. The van der Waals surface area contributed by atoms with Gasteiger partial charge in [0.2, 0.25) is 0 Å². The lowest BCUT2D eigenvalue weighted by molar-refractivity contribution is 0.0763. The van der Waals surface area contributed by atoms with Gasteiger partial charge in [0.25, 0.3) is 11.9 Å². The van der Waals surface area contributed by atoms with Crippen molar-refractivity contribution in [3.8, 4) is 5.75 Å². The Morgan fingerprint density at radius 3 is 2.78 bits per heavy atom. The van der Waals surface area contributed by atoms with E-state index in [4.69, 9.17) is 4.74 Å². The predicted molar refractivity (Wildman–Crippen MR) is 100 cm³/mol. The molecule has 1 amide bonds. The van der Waals surface area contributed by atoms with Gasteiger partial charge in [-0.05, 0) is 59.5 Å². The van der Waals surface area contributed by atoms with Crippen LogP contribution in [0.1, 0.15) is 21.5 Å². The summed E-state index contributed by atoms with van der Waals surface area (Å²) in [5, 5.41) is 16.6. The number of ether oxygens (including phenoxy) is 1. The summed E-state index contributed by atoms with van der Waals surface area (Å²) in [5.41, 5.74) is 3.90. The SMILES string of the molecule is COc1ccc2c(c1)CCN(C(=O)c1cccc(Nc3nn[nH]n3)c1)CC2. The molecule has 0 saturated heterocycles. The molecule has 27 heavy (non-hydrogen) atoms. The highest BCUT2D eigenvalue weighted by Gasteiger charge is 2.20. The third-order valence-corrected chi connectivity index (χ3v) is 4.71. The van der Waals surface area contributed by atoms with Gasteiger partial charge in [0, 0.05) is 24.3 Å². The quantitative estimate of drug-likeness (QED) is 0.737. The average molecular weight is 364 g/mol. The van der Waals surface area contributed by atoms with Crippen LogP contribution in [0.25, 0.3) is 0 Å².